The van der Waals surface area contributed by atoms with E-state index in [0.717, 1.165) is 0 Å². The molecule has 0 amide bonds. The highest BCUT2D eigenvalue weighted by Gasteiger charge is 2.51. The van der Waals surface area contributed by atoms with Crippen LogP contribution in [0.1, 0.15) is 73.0 Å². The third kappa shape index (κ3) is 4.92. The summed E-state index contributed by atoms with van der Waals surface area (Å²) in [4.78, 5) is 0.258. The molecule has 3 heteroatoms. The molecule has 298 valence electrons. The van der Waals surface area contributed by atoms with Gasteiger partial charge in [-0.05, 0) is 139 Å². The van der Waals surface area contributed by atoms with E-state index in [9.17, 15) is 28.8 Å². The van der Waals surface area contributed by atoms with E-state index in [-0.39, 0.29) is 4.90 Å². The molecule has 2 aliphatic rings. The molecule has 0 radical (unpaired) electrons. The fourth-order valence-corrected chi connectivity index (χ4v) is 8.35. The Kier molecular flexibility index (Phi) is 3.09. The van der Waals surface area contributed by atoms with Gasteiger partial charge < -0.3 is 13.7 Å². The average Bonchev–Trinajstić information content (AvgIpc) is 1.48. The molecular weight excluding hydrogens is 779 g/mol. The van der Waals surface area contributed by atoms with E-state index < -0.39 is 357 Å². The average molecular weight is 853 g/mol. The molecule has 14 rings (SSSR count). The Morgan fingerprint density at radius 3 is 1.17 bits per heavy atom. The third-order valence-corrected chi connectivity index (χ3v) is 11.0. The topological polar surface area (TPSA) is 29.5 Å². The maximum Gasteiger partial charge on any atom is 0.135 e. The minimum absolute atomic E-state index is 0.258. The summed E-state index contributed by atoms with van der Waals surface area (Å²) in [5.41, 5.74) is -19.4. The van der Waals surface area contributed by atoms with E-state index in [4.69, 9.17) is 30.8 Å². The smallest absolute Gasteiger partial charge is 0.135 e. The summed E-state index contributed by atoms with van der Waals surface area (Å²) < 4.78 is 356. The van der Waals surface area contributed by atoms with Gasteiger partial charge in [-0.15, -0.1) is 0 Å². The Labute approximate surface area is 421 Å². The second-order valence-electron chi connectivity index (χ2n) is 14.3. The summed E-state index contributed by atoms with van der Waals surface area (Å²) in [7, 11) is 0. The predicted molar refractivity (Wildman–Crippen MR) is 263 cm³/mol. The highest BCUT2D eigenvalue weighted by atomic mass is 16.3. The van der Waals surface area contributed by atoms with Gasteiger partial charge in [-0.3, -0.25) is 0 Å². The standard InChI is InChI=1S/C61H37NO2/c1-6-16-53-45(11-1)46-12-2-7-17-54(46)61(53)55-18-8-3-13-47(55)50-37-44(31-32-56(50)61)62(42-27-21-38(22-28-42)40-25-33-59-51(35-40)48-14-4-9-19-57(48)63-59)43-29-23-39(24-30-43)41-26-34-60-52(36-41)49-15-5-10-20-58(49)64-60/h1-37H/i1D,2D,3D,4D,5D,6D,7D,8D,9D,10D,11D,12D,13D,14D,15D,16D,17D,18D,19D,20D,21D,22D,23D,24D,25D,26D,27D,28D,29D,30D,31D,32D,33D,34D,35D,36D,37D. The number of nitrogens with zero attached hydrogens (tertiary/aromatic N) is 1. The molecule has 3 nitrogen and oxygen atoms in total. The first-order chi connectivity index (χ1) is 47.1. The summed E-state index contributed by atoms with van der Waals surface area (Å²) in [5.74, 6) is 0. The Bertz CT molecular complexity index is 5720. The second kappa shape index (κ2) is 13.3. The van der Waals surface area contributed by atoms with Crippen LogP contribution in [0, 0.1) is 0 Å². The summed E-state index contributed by atoms with van der Waals surface area (Å²) in [6, 6.07) is -39.5. The van der Waals surface area contributed by atoms with Crippen LogP contribution >= 0.6 is 0 Å². The van der Waals surface area contributed by atoms with Crippen LogP contribution in [0.5, 0.6) is 0 Å². The van der Waals surface area contributed by atoms with Gasteiger partial charge in [0.1, 0.15) is 22.3 Å². The van der Waals surface area contributed by atoms with Gasteiger partial charge in [-0.25, -0.2) is 0 Å². The highest BCUT2D eigenvalue weighted by molar-refractivity contribution is 6.07. The van der Waals surface area contributed by atoms with Crippen LogP contribution in [-0.2, 0) is 5.41 Å². The Hall–Kier alpha value is -8.40. The number of hydrogen-bond acceptors (Lipinski definition) is 3. The van der Waals surface area contributed by atoms with Crippen molar-refractivity contribution in [1.82, 2.24) is 0 Å². The number of anilines is 3. The van der Waals surface area contributed by atoms with E-state index >= 15 is 0 Å². The molecule has 2 aromatic heterocycles. The van der Waals surface area contributed by atoms with Gasteiger partial charge >= 0.3 is 0 Å². The van der Waals surface area contributed by atoms with E-state index in [0.29, 0.717) is 0 Å². The van der Waals surface area contributed by atoms with Gasteiger partial charge in [0, 0.05) is 38.6 Å². The van der Waals surface area contributed by atoms with Crippen LogP contribution in [0.15, 0.2) is 232 Å². The van der Waals surface area contributed by atoms with Gasteiger partial charge in [0.2, 0.25) is 0 Å². The number of furan rings is 2. The molecule has 10 aromatic carbocycles. The van der Waals surface area contributed by atoms with Gasteiger partial charge in [0.05, 0.1) is 56.1 Å². The zero-order valence-electron chi connectivity index (χ0n) is 68.8. The lowest BCUT2D eigenvalue weighted by molar-refractivity contribution is 0.668. The van der Waals surface area contributed by atoms with Gasteiger partial charge in [0.15, 0.2) is 0 Å². The van der Waals surface area contributed by atoms with Crippen LogP contribution in [-0.4, -0.2) is 0 Å². The van der Waals surface area contributed by atoms with Crippen molar-refractivity contribution in [1.29, 1.82) is 0 Å². The van der Waals surface area contributed by atoms with E-state index in [1.807, 2.05) is 0 Å². The first-order valence-corrected chi connectivity index (χ1v) is 19.0. The minimum atomic E-state index is -3.00. The summed E-state index contributed by atoms with van der Waals surface area (Å²) in [5, 5.41) is -2.11. The van der Waals surface area contributed by atoms with E-state index in [2.05, 4.69) is 0 Å². The molecule has 0 N–H and O–H groups in total. The lowest BCUT2D eigenvalue weighted by atomic mass is 9.70. The Morgan fingerprint density at radius 2 is 0.672 bits per heavy atom. The van der Waals surface area contributed by atoms with Crippen LogP contribution in [0.4, 0.5) is 17.1 Å². The lowest BCUT2D eigenvalue weighted by Gasteiger charge is -2.31. The molecule has 0 atom stereocenters. The first kappa shape index (κ1) is 14.9. The Morgan fingerprint density at radius 1 is 0.297 bits per heavy atom. The number of rotatable bonds is 5. The van der Waals surface area contributed by atoms with Crippen molar-refractivity contribution in [3.63, 3.8) is 0 Å². The van der Waals surface area contributed by atoms with E-state index in [1.165, 1.54) is 0 Å². The second-order valence-corrected chi connectivity index (χ2v) is 14.3. The van der Waals surface area contributed by atoms with Crippen molar-refractivity contribution in [3.8, 4) is 44.5 Å². The largest absolute Gasteiger partial charge is 0.456 e. The monoisotopic (exact) mass is 853 g/mol. The maximum absolute atomic E-state index is 10.6. The van der Waals surface area contributed by atoms with Crippen molar-refractivity contribution in [2.24, 2.45) is 0 Å². The van der Waals surface area contributed by atoms with Crippen LogP contribution in [0.2, 0.25) is 0 Å². The van der Waals surface area contributed by atoms with Crippen molar-refractivity contribution in [2.75, 3.05) is 4.90 Å². The van der Waals surface area contributed by atoms with Gasteiger partial charge in [-0.1, -0.05) is 151 Å². The fraction of sp³-hybridized carbons (Fsp3) is 0.0164. The lowest BCUT2D eigenvalue weighted by Crippen LogP contribution is -2.25. The van der Waals surface area contributed by atoms with E-state index in [1.54, 1.807) is 0 Å². The quantitative estimate of drug-likeness (QED) is 0.173. The number of fused-ring (bicyclic) bond motifs is 16. The summed E-state index contributed by atoms with van der Waals surface area (Å²) >= 11 is 0. The van der Waals surface area contributed by atoms with Crippen LogP contribution in [0.3, 0.4) is 0 Å². The Balaban J connectivity index is 1.16. The molecular formula is C61H37NO2. The molecule has 0 saturated heterocycles. The molecule has 2 heterocycles. The first-order valence-electron chi connectivity index (χ1n) is 37.5. The SMILES string of the molecule is [2H]c1c([2H])c([2H])c2c(c1[2H])-c1c([2H])c([2H])c([2H])c([2H])c1C21c2c([2H])c([2H])c([2H])c([2H])c2-c2c([2H])c(N(c3c([2H])c([2H])c(-c4c([2H])c([2H])c5oc6c([2H])c([2H])c([2H])c([2H])c6c5c4[2H])c([2H])c3[2H])c3c([2H])c([2H])c(-c4c([2H])c([2H])c5oc6c([2H])c([2H])c([2H])c([2H])c6c5c4[2H])c([2H])c3[2H])c([2H])c([2H])c21. The van der Waals surface area contributed by atoms with Crippen molar-refractivity contribution >= 4 is 60.9 Å². The van der Waals surface area contributed by atoms with Crippen LogP contribution in [0.25, 0.3) is 88.4 Å². The van der Waals surface area contributed by atoms with Crippen LogP contribution < -0.4 is 4.90 Å². The molecule has 64 heavy (non-hydrogen) atoms. The van der Waals surface area contributed by atoms with Crippen molar-refractivity contribution < 1.29 is 59.6 Å². The number of benzene rings is 10. The summed E-state index contributed by atoms with van der Waals surface area (Å²) in [6.45, 7) is 0. The van der Waals surface area contributed by atoms with Crippen molar-refractivity contribution in [3.05, 3.63) is 246 Å². The zero-order valence-corrected chi connectivity index (χ0v) is 31.8. The number of hydrogen-bond donors (Lipinski definition) is 0. The number of para-hydroxylation sites is 2. The molecule has 0 saturated carbocycles. The molecule has 0 bridgehead atoms. The third-order valence-electron chi connectivity index (χ3n) is 11.0. The summed E-state index contributed by atoms with van der Waals surface area (Å²) in [6.07, 6.45) is 0. The molecule has 1 spiro atoms. The fourth-order valence-electron chi connectivity index (χ4n) is 8.35. The van der Waals surface area contributed by atoms with Gasteiger partial charge in [-0.2, -0.15) is 0 Å². The molecule has 0 fully saturated rings. The molecule has 2 aliphatic carbocycles. The minimum Gasteiger partial charge on any atom is -0.456 e. The maximum atomic E-state index is 10.6. The highest BCUT2D eigenvalue weighted by Crippen LogP contribution is 2.63. The molecule has 0 unspecified atom stereocenters. The molecule has 0 aliphatic heterocycles. The molecule has 12 aromatic rings. The van der Waals surface area contributed by atoms with Gasteiger partial charge in [0.25, 0.3) is 0 Å². The predicted octanol–water partition coefficient (Wildman–Crippen LogP) is 16.6. The zero-order chi connectivity index (χ0) is 74.1. The normalized spacial score (nSPS) is 21.2. The van der Waals surface area contributed by atoms with Crippen molar-refractivity contribution in [2.45, 2.75) is 5.41 Å².